The predicted octanol–water partition coefficient (Wildman–Crippen LogP) is 3.92. The summed E-state index contributed by atoms with van der Waals surface area (Å²) in [6.45, 7) is 4.24. The predicted molar refractivity (Wildman–Crippen MR) is 75.7 cm³/mol. The number of rotatable bonds is 3. The van der Waals surface area contributed by atoms with Crippen molar-refractivity contribution >= 4 is 10.5 Å². The van der Waals surface area contributed by atoms with Gasteiger partial charge in [0.15, 0.2) is 0 Å². The molecule has 3 heteroatoms. The molecule has 1 fully saturated rings. The Hall–Kier alpha value is -0.510. The monoisotopic (exact) mass is 253 g/mol. The lowest BCUT2D eigenvalue weighted by Crippen LogP contribution is -2.32. The second-order valence-electron chi connectivity index (χ2n) is 4.82. The molecule has 0 aromatic heterocycles. The zero-order chi connectivity index (χ0) is 12.3. The summed E-state index contributed by atoms with van der Waals surface area (Å²) in [5, 5.41) is 0. The second-order valence-corrected chi connectivity index (χ2v) is 7.48. The van der Waals surface area contributed by atoms with Crippen LogP contribution in [-0.4, -0.2) is 28.2 Å². The highest BCUT2D eigenvalue weighted by atomic mass is 32.3. The average Bonchev–Trinajstić information content (AvgIpc) is 2.40. The molecule has 96 valence electrons. The van der Waals surface area contributed by atoms with E-state index in [2.05, 4.69) is 35.5 Å². The SMILES string of the molecule is CCc1ccc(S(C)(O)N2CCCCC2)cc1. The summed E-state index contributed by atoms with van der Waals surface area (Å²) in [4.78, 5) is 1.09. The molecule has 0 saturated carbocycles. The fourth-order valence-electron chi connectivity index (χ4n) is 2.35. The van der Waals surface area contributed by atoms with Crippen LogP contribution in [0.5, 0.6) is 0 Å². The molecule has 1 aliphatic rings. The standard InChI is InChI=1S/C14H23NOS/c1-3-13-7-9-14(10-8-13)17(2,16)15-11-5-4-6-12-15/h7-10,16H,3-6,11-12H2,1-2H3. The fraction of sp³-hybridized carbons (Fsp3) is 0.571. The molecule has 1 heterocycles. The Morgan fingerprint density at radius 1 is 1.12 bits per heavy atom. The quantitative estimate of drug-likeness (QED) is 0.882. The van der Waals surface area contributed by atoms with Crippen LogP contribution in [-0.2, 0) is 6.42 Å². The highest BCUT2D eigenvalue weighted by Gasteiger charge is 2.27. The largest absolute Gasteiger partial charge is 0.334 e. The maximum absolute atomic E-state index is 10.8. The highest BCUT2D eigenvalue weighted by Crippen LogP contribution is 2.52. The van der Waals surface area contributed by atoms with Gasteiger partial charge in [-0.3, -0.25) is 0 Å². The van der Waals surface area contributed by atoms with Gasteiger partial charge in [-0.2, -0.15) is 0 Å². The molecule has 1 unspecified atom stereocenters. The highest BCUT2D eigenvalue weighted by molar-refractivity contribution is 8.26. The Bertz CT molecular complexity index is 355. The van der Waals surface area contributed by atoms with E-state index in [1.54, 1.807) is 0 Å². The minimum absolute atomic E-state index is 1.04. The van der Waals surface area contributed by atoms with E-state index in [4.69, 9.17) is 0 Å². The lowest BCUT2D eigenvalue weighted by molar-refractivity contribution is 0.347. The van der Waals surface area contributed by atoms with E-state index in [-0.39, 0.29) is 0 Å². The average molecular weight is 253 g/mol. The Morgan fingerprint density at radius 2 is 1.71 bits per heavy atom. The molecule has 2 nitrogen and oxygen atoms in total. The first-order valence-corrected chi connectivity index (χ1v) is 8.45. The molecule has 1 aromatic rings. The van der Waals surface area contributed by atoms with Crippen molar-refractivity contribution in [3.05, 3.63) is 29.8 Å². The summed E-state index contributed by atoms with van der Waals surface area (Å²) in [6, 6.07) is 8.48. The van der Waals surface area contributed by atoms with E-state index in [0.29, 0.717) is 0 Å². The summed E-state index contributed by atoms with van der Waals surface area (Å²) in [7, 11) is -1.75. The van der Waals surface area contributed by atoms with Gasteiger partial charge in [0.2, 0.25) is 0 Å². The van der Waals surface area contributed by atoms with Crippen LogP contribution in [0.3, 0.4) is 0 Å². The van der Waals surface area contributed by atoms with Crippen LogP contribution in [0.15, 0.2) is 29.2 Å². The van der Waals surface area contributed by atoms with Crippen LogP contribution in [0.2, 0.25) is 0 Å². The Labute approximate surface area is 106 Å². The van der Waals surface area contributed by atoms with Crippen molar-refractivity contribution in [2.75, 3.05) is 19.3 Å². The summed E-state index contributed by atoms with van der Waals surface area (Å²) in [5.74, 6) is 0. The first-order chi connectivity index (χ1) is 8.14. The Balaban J connectivity index is 2.17. The molecular weight excluding hydrogens is 230 g/mol. The molecule has 0 amide bonds. The molecule has 1 aromatic carbocycles. The van der Waals surface area contributed by atoms with Crippen molar-refractivity contribution in [1.82, 2.24) is 4.31 Å². The Kier molecular flexibility index (Phi) is 4.13. The number of aryl methyl sites for hydroxylation is 1. The molecule has 1 atom stereocenters. The maximum atomic E-state index is 10.8. The molecule has 1 N–H and O–H groups in total. The van der Waals surface area contributed by atoms with E-state index in [1.807, 2.05) is 6.26 Å². The number of hydrogen-bond acceptors (Lipinski definition) is 2. The minimum atomic E-state index is -1.75. The Morgan fingerprint density at radius 3 is 2.24 bits per heavy atom. The maximum Gasteiger partial charge on any atom is 0.0258 e. The third-order valence-corrected chi connectivity index (χ3v) is 6.13. The number of nitrogens with zero attached hydrogens (tertiary/aromatic N) is 1. The molecule has 1 aliphatic heterocycles. The van der Waals surface area contributed by atoms with Crippen molar-refractivity contribution < 1.29 is 4.55 Å². The van der Waals surface area contributed by atoms with Gasteiger partial charge in [0.25, 0.3) is 0 Å². The molecule has 1 saturated heterocycles. The van der Waals surface area contributed by atoms with E-state index in [0.717, 1.165) is 24.4 Å². The zero-order valence-electron chi connectivity index (χ0n) is 10.9. The van der Waals surface area contributed by atoms with Crippen molar-refractivity contribution in [3.63, 3.8) is 0 Å². The van der Waals surface area contributed by atoms with E-state index in [9.17, 15) is 4.55 Å². The summed E-state index contributed by atoms with van der Waals surface area (Å²) in [6.07, 6.45) is 6.80. The molecule has 17 heavy (non-hydrogen) atoms. The normalized spacial score (nSPS) is 23.0. The smallest absolute Gasteiger partial charge is 0.0258 e. The molecule has 0 aliphatic carbocycles. The zero-order valence-corrected chi connectivity index (χ0v) is 11.7. The number of piperidine rings is 1. The van der Waals surface area contributed by atoms with Crippen molar-refractivity contribution in [3.8, 4) is 0 Å². The summed E-state index contributed by atoms with van der Waals surface area (Å²) < 4.78 is 13.1. The van der Waals surface area contributed by atoms with Gasteiger partial charge in [0, 0.05) is 24.2 Å². The molecule has 2 rings (SSSR count). The van der Waals surface area contributed by atoms with Gasteiger partial charge in [0.1, 0.15) is 0 Å². The van der Waals surface area contributed by atoms with E-state index in [1.165, 1.54) is 24.8 Å². The van der Waals surface area contributed by atoms with Crippen LogP contribution >= 0.6 is 10.5 Å². The van der Waals surface area contributed by atoms with Crippen molar-refractivity contribution in [1.29, 1.82) is 0 Å². The van der Waals surface area contributed by atoms with Crippen LogP contribution in [0.1, 0.15) is 31.7 Å². The number of benzene rings is 1. The molecular formula is C14H23NOS. The van der Waals surface area contributed by atoms with Gasteiger partial charge >= 0.3 is 0 Å². The molecule has 0 bridgehead atoms. The van der Waals surface area contributed by atoms with E-state index < -0.39 is 10.5 Å². The summed E-state index contributed by atoms with van der Waals surface area (Å²) in [5.41, 5.74) is 1.34. The van der Waals surface area contributed by atoms with E-state index >= 15 is 0 Å². The first kappa shape index (κ1) is 12.9. The van der Waals surface area contributed by atoms with Gasteiger partial charge in [-0.25, -0.2) is 4.31 Å². The summed E-state index contributed by atoms with van der Waals surface area (Å²) >= 11 is 0. The van der Waals surface area contributed by atoms with Gasteiger partial charge in [-0.15, -0.1) is 0 Å². The third kappa shape index (κ3) is 2.84. The third-order valence-electron chi connectivity index (χ3n) is 3.60. The van der Waals surface area contributed by atoms with Crippen molar-refractivity contribution in [2.45, 2.75) is 37.5 Å². The molecule has 0 spiro atoms. The van der Waals surface area contributed by atoms with Gasteiger partial charge in [-0.1, -0.05) is 36.0 Å². The number of hydrogen-bond donors (Lipinski definition) is 1. The van der Waals surface area contributed by atoms with Gasteiger partial charge < -0.3 is 4.55 Å². The van der Waals surface area contributed by atoms with Crippen LogP contribution in [0, 0.1) is 0 Å². The topological polar surface area (TPSA) is 23.5 Å². The van der Waals surface area contributed by atoms with Gasteiger partial charge in [0.05, 0.1) is 0 Å². The van der Waals surface area contributed by atoms with Crippen LogP contribution in [0.4, 0.5) is 0 Å². The second kappa shape index (κ2) is 5.42. The first-order valence-electron chi connectivity index (χ1n) is 6.49. The van der Waals surface area contributed by atoms with Crippen LogP contribution < -0.4 is 0 Å². The van der Waals surface area contributed by atoms with Crippen LogP contribution in [0.25, 0.3) is 0 Å². The fourth-order valence-corrected chi connectivity index (χ4v) is 4.27. The lowest BCUT2D eigenvalue weighted by Gasteiger charge is -2.43. The van der Waals surface area contributed by atoms with Gasteiger partial charge in [-0.05, 0) is 37.0 Å². The molecule has 0 radical (unpaired) electrons. The van der Waals surface area contributed by atoms with Crippen molar-refractivity contribution in [2.24, 2.45) is 0 Å². The lowest BCUT2D eigenvalue weighted by atomic mass is 10.2. The minimum Gasteiger partial charge on any atom is -0.334 e.